The molecule has 0 bridgehead atoms. The van der Waals surface area contributed by atoms with Crippen LogP contribution in [-0.4, -0.2) is 31.9 Å². The SMILES string of the molecule is Cc1cnc(-c2ccc(C(=O)NC3CC3)cc2)nc1NCc1nc2ccccc2[nH]1. The van der Waals surface area contributed by atoms with Crippen LogP contribution >= 0.6 is 0 Å². The van der Waals surface area contributed by atoms with Crippen LogP contribution in [-0.2, 0) is 6.54 Å². The van der Waals surface area contributed by atoms with Crippen LogP contribution in [0.4, 0.5) is 5.82 Å². The molecule has 2 heterocycles. The third-order valence-electron chi connectivity index (χ3n) is 5.15. The zero-order valence-electron chi connectivity index (χ0n) is 16.6. The van der Waals surface area contributed by atoms with Gasteiger partial charge in [0.1, 0.15) is 11.6 Å². The molecule has 0 radical (unpaired) electrons. The highest BCUT2D eigenvalue weighted by molar-refractivity contribution is 5.95. The summed E-state index contributed by atoms with van der Waals surface area (Å²) in [4.78, 5) is 29.2. The van der Waals surface area contributed by atoms with E-state index in [1.165, 1.54) is 0 Å². The Morgan fingerprint density at radius 1 is 1.10 bits per heavy atom. The molecule has 1 fully saturated rings. The van der Waals surface area contributed by atoms with Crippen LogP contribution in [0.25, 0.3) is 22.4 Å². The average Bonchev–Trinajstić information content (AvgIpc) is 3.48. The Morgan fingerprint density at radius 3 is 2.67 bits per heavy atom. The Hall–Kier alpha value is -3.74. The number of imidazole rings is 1. The van der Waals surface area contributed by atoms with Gasteiger partial charge in [-0.1, -0.05) is 24.3 Å². The van der Waals surface area contributed by atoms with E-state index in [0.717, 1.165) is 46.6 Å². The number of nitrogens with zero attached hydrogens (tertiary/aromatic N) is 3. The van der Waals surface area contributed by atoms with Crippen molar-refractivity contribution in [3.05, 3.63) is 71.7 Å². The summed E-state index contributed by atoms with van der Waals surface area (Å²) in [7, 11) is 0. The maximum atomic E-state index is 12.2. The summed E-state index contributed by atoms with van der Waals surface area (Å²) in [5.74, 6) is 2.20. The number of hydrogen-bond acceptors (Lipinski definition) is 5. The van der Waals surface area contributed by atoms with Gasteiger partial charge in [-0.15, -0.1) is 0 Å². The molecule has 0 aliphatic heterocycles. The number of carbonyl (C=O) groups is 1. The Bertz CT molecular complexity index is 1180. The Morgan fingerprint density at radius 2 is 1.90 bits per heavy atom. The standard InChI is InChI=1S/C23H22N6O/c1-14-12-24-22(15-6-8-16(9-7-15)23(30)26-17-10-11-17)29-21(14)25-13-20-27-18-4-2-3-5-19(18)28-20/h2-9,12,17H,10-11,13H2,1H3,(H,26,30)(H,27,28)(H,24,25,29). The molecular formula is C23H22N6O. The van der Waals surface area contributed by atoms with Gasteiger partial charge >= 0.3 is 0 Å². The third kappa shape index (κ3) is 3.87. The molecule has 0 saturated heterocycles. The highest BCUT2D eigenvalue weighted by Crippen LogP contribution is 2.22. The van der Waals surface area contributed by atoms with Crippen LogP contribution in [0.5, 0.6) is 0 Å². The minimum absolute atomic E-state index is 0.0259. The van der Waals surface area contributed by atoms with Gasteiger partial charge in [-0.2, -0.15) is 0 Å². The number of amides is 1. The van der Waals surface area contributed by atoms with E-state index >= 15 is 0 Å². The van der Waals surface area contributed by atoms with Crippen LogP contribution in [0.3, 0.4) is 0 Å². The molecule has 0 spiro atoms. The van der Waals surface area contributed by atoms with E-state index in [1.54, 1.807) is 6.20 Å². The quantitative estimate of drug-likeness (QED) is 0.459. The number of fused-ring (bicyclic) bond motifs is 1. The van der Waals surface area contributed by atoms with Crippen molar-refractivity contribution in [1.29, 1.82) is 0 Å². The number of anilines is 1. The number of para-hydroxylation sites is 2. The van der Waals surface area contributed by atoms with Gasteiger partial charge < -0.3 is 15.6 Å². The molecule has 2 aromatic heterocycles. The number of rotatable bonds is 6. The molecule has 150 valence electrons. The fourth-order valence-corrected chi connectivity index (χ4v) is 3.28. The van der Waals surface area contributed by atoms with E-state index in [0.29, 0.717) is 24.0 Å². The van der Waals surface area contributed by atoms with Gasteiger partial charge in [-0.3, -0.25) is 4.79 Å². The fraction of sp³-hybridized carbons (Fsp3) is 0.217. The monoisotopic (exact) mass is 398 g/mol. The van der Waals surface area contributed by atoms with Crippen molar-refractivity contribution < 1.29 is 4.79 Å². The number of aryl methyl sites for hydroxylation is 1. The van der Waals surface area contributed by atoms with E-state index in [2.05, 4.69) is 30.6 Å². The maximum absolute atomic E-state index is 12.2. The predicted molar refractivity (Wildman–Crippen MR) is 116 cm³/mol. The van der Waals surface area contributed by atoms with Crippen molar-refractivity contribution >= 4 is 22.8 Å². The zero-order valence-corrected chi connectivity index (χ0v) is 16.6. The van der Waals surface area contributed by atoms with Crippen molar-refractivity contribution in [2.75, 3.05) is 5.32 Å². The normalized spacial score (nSPS) is 13.4. The topological polar surface area (TPSA) is 95.6 Å². The lowest BCUT2D eigenvalue weighted by Crippen LogP contribution is -2.25. The van der Waals surface area contributed by atoms with Gasteiger partial charge in [-0.05, 0) is 44.0 Å². The first kappa shape index (κ1) is 18.3. The predicted octanol–water partition coefficient (Wildman–Crippen LogP) is 3.83. The van der Waals surface area contributed by atoms with Crippen molar-refractivity contribution in [2.24, 2.45) is 0 Å². The lowest BCUT2D eigenvalue weighted by Gasteiger charge is -2.09. The molecular weight excluding hydrogens is 376 g/mol. The molecule has 1 amide bonds. The van der Waals surface area contributed by atoms with Gasteiger partial charge in [-0.25, -0.2) is 15.0 Å². The summed E-state index contributed by atoms with van der Waals surface area (Å²) in [5.41, 5.74) is 4.43. The minimum Gasteiger partial charge on any atom is -0.363 e. The second kappa shape index (κ2) is 7.59. The number of carbonyl (C=O) groups excluding carboxylic acids is 1. The zero-order chi connectivity index (χ0) is 20.5. The first-order valence-electron chi connectivity index (χ1n) is 10.1. The molecule has 1 saturated carbocycles. The Kier molecular flexibility index (Phi) is 4.63. The number of H-pyrrole nitrogens is 1. The summed E-state index contributed by atoms with van der Waals surface area (Å²) >= 11 is 0. The van der Waals surface area contributed by atoms with E-state index < -0.39 is 0 Å². The molecule has 3 N–H and O–H groups in total. The van der Waals surface area contributed by atoms with Crippen LogP contribution in [0.15, 0.2) is 54.7 Å². The number of hydrogen-bond donors (Lipinski definition) is 3. The van der Waals surface area contributed by atoms with Gasteiger partial charge in [0.15, 0.2) is 5.82 Å². The molecule has 0 atom stereocenters. The molecule has 5 rings (SSSR count). The molecule has 30 heavy (non-hydrogen) atoms. The summed E-state index contributed by atoms with van der Waals surface area (Å²) in [6.45, 7) is 2.50. The van der Waals surface area contributed by atoms with Crippen molar-refractivity contribution in [3.8, 4) is 11.4 Å². The van der Waals surface area contributed by atoms with Gasteiger partial charge in [0, 0.05) is 28.9 Å². The fourth-order valence-electron chi connectivity index (χ4n) is 3.28. The number of benzene rings is 2. The number of nitrogens with one attached hydrogen (secondary N) is 3. The highest BCUT2D eigenvalue weighted by Gasteiger charge is 2.23. The molecule has 7 nitrogen and oxygen atoms in total. The second-order valence-corrected chi connectivity index (χ2v) is 7.60. The van der Waals surface area contributed by atoms with Gasteiger partial charge in [0.2, 0.25) is 0 Å². The lowest BCUT2D eigenvalue weighted by atomic mass is 10.1. The smallest absolute Gasteiger partial charge is 0.251 e. The highest BCUT2D eigenvalue weighted by atomic mass is 16.1. The molecule has 1 aliphatic rings. The number of aromatic amines is 1. The Balaban J connectivity index is 1.31. The minimum atomic E-state index is -0.0259. The molecule has 4 aromatic rings. The van der Waals surface area contributed by atoms with Gasteiger partial charge in [0.25, 0.3) is 5.91 Å². The van der Waals surface area contributed by atoms with Crippen LogP contribution in [0.1, 0.15) is 34.6 Å². The van der Waals surface area contributed by atoms with Crippen molar-refractivity contribution in [1.82, 2.24) is 25.3 Å². The molecule has 1 aliphatic carbocycles. The van der Waals surface area contributed by atoms with Crippen molar-refractivity contribution in [2.45, 2.75) is 32.4 Å². The Labute approximate surface area is 174 Å². The summed E-state index contributed by atoms with van der Waals surface area (Å²) in [5, 5.41) is 6.35. The van der Waals surface area contributed by atoms with Gasteiger partial charge in [0.05, 0.1) is 17.6 Å². The maximum Gasteiger partial charge on any atom is 0.251 e. The summed E-state index contributed by atoms with van der Waals surface area (Å²) in [6, 6.07) is 15.7. The van der Waals surface area contributed by atoms with E-state index in [9.17, 15) is 4.79 Å². The van der Waals surface area contributed by atoms with Crippen LogP contribution < -0.4 is 10.6 Å². The van der Waals surface area contributed by atoms with Crippen LogP contribution in [0, 0.1) is 6.92 Å². The summed E-state index contributed by atoms with van der Waals surface area (Å²) in [6.07, 6.45) is 3.95. The largest absolute Gasteiger partial charge is 0.363 e. The lowest BCUT2D eigenvalue weighted by molar-refractivity contribution is 0.0951. The first-order chi connectivity index (χ1) is 14.7. The van der Waals surface area contributed by atoms with E-state index in [4.69, 9.17) is 0 Å². The second-order valence-electron chi connectivity index (χ2n) is 7.60. The average molecular weight is 398 g/mol. The molecule has 0 unspecified atom stereocenters. The third-order valence-corrected chi connectivity index (χ3v) is 5.15. The first-order valence-corrected chi connectivity index (χ1v) is 10.1. The number of aromatic nitrogens is 4. The summed E-state index contributed by atoms with van der Waals surface area (Å²) < 4.78 is 0. The molecule has 7 heteroatoms. The van der Waals surface area contributed by atoms with Crippen molar-refractivity contribution in [3.63, 3.8) is 0 Å². The van der Waals surface area contributed by atoms with Crippen LogP contribution in [0.2, 0.25) is 0 Å². The van der Waals surface area contributed by atoms with E-state index in [1.807, 2.05) is 55.5 Å². The molecule has 2 aromatic carbocycles. The van der Waals surface area contributed by atoms with E-state index in [-0.39, 0.29) is 5.91 Å².